The maximum Gasteiger partial charge on any atom is 0.242 e. The second-order valence-electron chi connectivity index (χ2n) is 8.98. The van der Waals surface area contributed by atoms with Crippen molar-refractivity contribution in [1.29, 1.82) is 0 Å². The lowest BCUT2D eigenvalue weighted by Crippen LogP contribution is -2.49. The lowest BCUT2D eigenvalue weighted by Gasteiger charge is -2.30. The first-order valence-corrected chi connectivity index (χ1v) is 13.8. The third-order valence-electron chi connectivity index (χ3n) is 6.11. The Kier molecular flexibility index (Phi) is 10.4. The highest BCUT2D eigenvalue weighted by Gasteiger charge is 2.27. The molecule has 0 aliphatic rings. The van der Waals surface area contributed by atoms with Gasteiger partial charge in [0.05, 0.1) is 11.9 Å². The number of hydrogen-bond donors (Lipinski definition) is 1. The molecular formula is C26H35F2N3O4S. The highest BCUT2D eigenvalue weighted by Crippen LogP contribution is 2.22. The lowest BCUT2D eigenvalue weighted by atomic mass is 10.1. The number of anilines is 1. The zero-order valence-corrected chi connectivity index (χ0v) is 22.2. The van der Waals surface area contributed by atoms with E-state index in [-0.39, 0.29) is 49.5 Å². The Morgan fingerprint density at radius 2 is 1.72 bits per heavy atom. The van der Waals surface area contributed by atoms with Gasteiger partial charge >= 0.3 is 0 Å². The van der Waals surface area contributed by atoms with Gasteiger partial charge in [-0.3, -0.25) is 13.9 Å². The Labute approximate surface area is 212 Å². The minimum absolute atomic E-state index is 0.0260. The number of aryl methyl sites for hydroxylation is 1. The van der Waals surface area contributed by atoms with Crippen LogP contribution in [0, 0.1) is 18.6 Å². The average molecular weight is 524 g/mol. The molecule has 0 bridgehead atoms. The molecule has 0 saturated carbocycles. The molecular weight excluding hydrogens is 488 g/mol. The van der Waals surface area contributed by atoms with E-state index >= 15 is 0 Å². The number of rotatable bonds is 12. The lowest BCUT2D eigenvalue weighted by molar-refractivity contribution is -0.140. The van der Waals surface area contributed by atoms with Crippen LogP contribution in [0.2, 0.25) is 0 Å². The molecule has 0 aliphatic heterocycles. The van der Waals surface area contributed by atoms with Gasteiger partial charge in [-0.2, -0.15) is 0 Å². The highest BCUT2D eigenvalue weighted by atomic mass is 32.2. The molecule has 0 radical (unpaired) electrons. The molecule has 0 aliphatic carbocycles. The van der Waals surface area contributed by atoms with E-state index in [2.05, 4.69) is 5.32 Å². The summed E-state index contributed by atoms with van der Waals surface area (Å²) >= 11 is 0. The van der Waals surface area contributed by atoms with Crippen molar-refractivity contribution in [3.8, 4) is 0 Å². The van der Waals surface area contributed by atoms with Crippen LogP contribution >= 0.6 is 0 Å². The molecule has 0 aromatic heterocycles. The van der Waals surface area contributed by atoms with Crippen LogP contribution in [0.15, 0.2) is 42.5 Å². The summed E-state index contributed by atoms with van der Waals surface area (Å²) in [4.78, 5) is 27.6. The molecule has 36 heavy (non-hydrogen) atoms. The quantitative estimate of drug-likeness (QED) is 0.453. The molecule has 2 aromatic rings. The minimum atomic E-state index is -3.81. The summed E-state index contributed by atoms with van der Waals surface area (Å²) in [7, 11) is -3.81. The Bertz CT molecular complexity index is 1170. The summed E-state index contributed by atoms with van der Waals surface area (Å²) in [5, 5.41) is 2.90. The van der Waals surface area contributed by atoms with Crippen LogP contribution in [0.25, 0.3) is 0 Å². The number of nitrogens with zero attached hydrogens (tertiary/aromatic N) is 2. The molecule has 2 atom stereocenters. The number of carbonyl (C=O) groups is 2. The maximum atomic E-state index is 13.7. The van der Waals surface area contributed by atoms with Crippen LogP contribution in [0.1, 0.15) is 51.2 Å². The van der Waals surface area contributed by atoms with Crippen molar-refractivity contribution in [2.45, 2.75) is 65.6 Å². The topological polar surface area (TPSA) is 86.8 Å². The molecule has 7 nitrogen and oxygen atoms in total. The smallest absolute Gasteiger partial charge is 0.242 e. The second-order valence-corrected chi connectivity index (χ2v) is 10.9. The van der Waals surface area contributed by atoms with Gasteiger partial charge in [-0.05, 0) is 56.9 Å². The molecule has 0 heterocycles. The molecule has 2 aromatic carbocycles. The van der Waals surface area contributed by atoms with Gasteiger partial charge in [0.25, 0.3) is 0 Å². The van der Waals surface area contributed by atoms with E-state index in [0.29, 0.717) is 0 Å². The fraction of sp³-hybridized carbons (Fsp3) is 0.462. The average Bonchev–Trinajstić information content (AvgIpc) is 2.81. The van der Waals surface area contributed by atoms with Gasteiger partial charge < -0.3 is 10.2 Å². The third-order valence-corrected chi connectivity index (χ3v) is 7.31. The van der Waals surface area contributed by atoms with Crippen molar-refractivity contribution in [3.63, 3.8) is 0 Å². The molecule has 2 amide bonds. The second kappa shape index (κ2) is 12.8. The van der Waals surface area contributed by atoms with Crippen molar-refractivity contribution < 1.29 is 26.8 Å². The van der Waals surface area contributed by atoms with Crippen LogP contribution in [0.4, 0.5) is 14.5 Å². The Morgan fingerprint density at radius 1 is 1.06 bits per heavy atom. The maximum absolute atomic E-state index is 13.7. The number of halogens is 2. The first-order valence-electron chi connectivity index (χ1n) is 11.9. The van der Waals surface area contributed by atoms with E-state index in [9.17, 15) is 26.8 Å². The van der Waals surface area contributed by atoms with Crippen molar-refractivity contribution in [1.82, 2.24) is 10.2 Å². The third kappa shape index (κ3) is 8.01. The zero-order chi connectivity index (χ0) is 27.0. The Balaban J connectivity index is 2.20. The van der Waals surface area contributed by atoms with Gasteiger partial charge in [-0.15, -0.1) is 0 Å². The van der Waals surface area contributed by atoms with E-state index < -0.39 is 27.7 Å². The fourth-order valence-corrected chi connectivity index (χ4v) is 4.62. The molecule has 2 unspecified atom stereocenters. The van der Waals surface area contributed by atoms with Crippen LogP contribution in [0.5, 0.6) is 0 Å². The normalized spacial score (nSPS) is 13.1. The predicted octanol–water partition coefficient (Wildman–Crippen LogP) is 4.15. The molecule has 10 heteroatoms. The first kappa shape index (κ1) is 29.2. The van der Waals surface area contributed by atoms with Crippen LogP contribution in [-0.4, -0.2) is 50.0 Å². The summed E-state index contributed by atoms with van der Waals surface area (Å²) in [5.41, 5.74) is 1.85. The molecule has 2 rings (SSSR count). The summed E-state index contributed by atoms with van der Waals surface area (Å²) < 4.78 is 52.6. The van der Waals surface area contributed by atoms with Gasteiger partial charge in [0.1, 0.15) is 6.04 Å². The van der Waals surface area contributed by atoms with E-state index in [1.54, 1.807) is 6.92 Å². The standard InChI is InChI=1S/C26H35F2N3O4S/c1-6-19(3)29-26(33)20(4)30(17-21-11-8-7-10-18(21)2)25(32)12-9-15-31(36(5,34)35)22-13-14-23(27)24(28)16-22/h7-8,10-11,13-14,16,19-20H,6,9,12,15,17H2,1-5H3,(H,29,33). The molecule has 1 N–H and O–H groups in total. The highest BCUT2D eigenvalue weighted by molar-refractivity contribution is 7.92. The van der Waals surface area contributed by atoms with E-state index in [1.165, 1.54) is 11.0 Å². The van der Waals surface area contributed by atoms with Gasteiger partial charge in [0, 0.05) is 31.6 Å². The summed E-state index contributed by atoms with van der Waals surface area (Å²) in [5.74, 6) is -2.84. The molecule has 0 spiro atoms. The van der Waals surface area contributed by atoms with Gasteiger partial charge in [-0.1, -0.05) is 31.2 Å². The van der Waals surface area contributed by atoms with Gasteiger partial charge in [0.2, 0.25) is 21.8 Å². The van der Waals surface area contributed by atoms with Crippen molar-refractivity contribution in [2.24, 2.45) is 0 Å². The number of nitrogens with one attached hydrogen (secondary N) is 1. The van der Waals surface area contributed by atoms with Crippen LogP contribution < -0.4 is 9.62 Å². The van der Waals surface area contributed by atoms with E-state index in [0.717, 1.165) is 40.2 Å². The number of carbonyl (C=O) groups excluding carboxylic acids is 2. The van der Waals surface area contributed by atoms with Crippen molar-refractivity contribution in [3.05, 3.63) is 65.2 Å². The molecule has 0 saturated heterocycles. The van der Waals surface area contributed by atoms with Crippen molar-refractivity contribution in [2.75, 3.05) is 17.1 Å². The van der Waals surface area contributed by atoms with Crippen LogP contribution in [-0.2, 0) is 26.2 Å². The van der Waals surface area contributed by atoms with Gasteiger partial charge in [-0.25, -0.2) is 17.2 Å². The van der Waals surface area contributed by atoms with E-state index in [1.807, 2.05) is 45.0 Å². The van der Waals surface area contributed by atoms with E-state index in [4.69, 9.17) is 0 Å². The first-order chi connectivity index (χ1) is 16.8. The Hall–Kier alpha value is -3.01. The number of hydrogen-bond acceptors (Lipinski definition) is 4. The fourth-order valence-electron chi connectivity index (χ4n) is 3.66. The number of amides is 2. The monoisotopic (exact) mass is 523 g/mol. The Morgan fingerprint density at radius 3 is 2.31 bits per heavy atom. The number of benzene rings is 2. The number of sulfonamides is 1. The largest absolute Gasteiger partial charge is 0.352 e. The molecule has 198 valence electrons. The summed E-state index contributed by atoms with van der Waals surface area (Å²) in [6, 6.07) is 9.62. The van der Waals surface area contributed by atoms with Gasteiger partial charge in [0.15, 0.2) is 11.6 Å². The molecule has 0 fully saturated rings. The predicted molar refractivity (Wildman–Crippen MR) is 137 cm³/mol. The summed E-state index contributed by atoms with van der Waals surface area (Å²) in [6.07, 6.45) is 1.79. The zero-order valence-electron chi connectivity index (χ0n) is 21.4. The minimum Gasteiger partial charge on any atom is -0.352 e. The summed E-state index contributed by atoms with van der Waals surface area (Å²) in [6.45, 7) is 7.54. The van der Waals surface area contributed by atoms with Crippen molar-refractivity contribution >= 4 is 27.5 Å². The van der Waals surface area contributed by atoms with Crippen LogP contribution in [0.3, 0.4) is 0 Å². The SMILES string of the molecule is CCC(C)NC(=O)C(C)N(Cc1ccccc1C)C(=O)CCCN(c1ccc(F)c(F)c1)S(C)(=O)=O.